The summed E-state index contributed by atoms with van der Waals surface area (Å²) >= 11 is 0. The Balaban J connectivity index is 0.000000623. The van der Waals surface area contributed by atoms with Gasteiger partial charge in [0.15, 0.2) is 0 Å². The quantitative estimate of drug-likeness (QED) is 0.254. The first kappa shape index (κ1) is 34.9. The van der Waals surface area contributed by atoms with Crippen molar-refractivity contribution in [1.82, 2.24) is 9.80 Å². The van der Waals surface area contributed by atoms with E-state index in [-0.39, 0.29) is 0 Å². The van der Waals surface area contributed by atoms with Crippen LogP contribution < -0.4 is 0 Å². The van der Waals surface area contributed by atoms with Crippen molar-refractivity contribution < 1.29 is 0 Å². The summed E-state index contributed by atoms with van der Waals surface area (Å²) in [6, 6.07) is 7.82. The van der Waals surface area contributed by atoms with Gasteiger partial charge in [-0.05, 0) is 75.1 Å². The summed E-state index contributed by atoms with van der Waals surface area (Å²) in [5.41, 5.74) is 8.37. The molecule has 0 N–H and O–H groups in total. The van der Waals surface area contributed by atoms with Crippen molar-refractivity contribution in [3.8, 4) is 0 Å². The van der Waals surface area contributed by atoms with E-state index in [1.807, 2.05) is 13.8 Å². The van der Waals surface area contributed by atoms with E-state index in [0.29, 0.717) is 0 Å². The molecule has 1 aliphatic heterocycles. The van der Waals surface area contributed by atoms with Crippen molar-refractivity contribution >= 4 is 5.57 Å². The van der Waals surface area contributed by atoms with E-state index >= 15 is 0 Å². The van der Waals surface area contributed by atoms with Crippen LogP contribution in [0.3, 0.4) is 0 Å². The fraction of sp³-hybridized carbons (Fsp3) is 0.600. The summed E-state index contributed by atoms with van der Waals surface area (Å²) in [4.78, 5) is 5.16. The minimum atomic E-state index is 0.905. The molecule has 1 aromatic carbocycles. The van der Waals surface area contributed by atoms with Gasteiger partial charge in [0.1, 0.15) is 0 Å². The average Bonchev–Trinajstić information content (AvgIpc) is 3.49. The number of hydrogen-bond acceptors (Lipinski definition) is 2. The molecule has 0 atom stereocenters. The number of aryl methyl sites for hydroxylation is 2. The van der Waals surface area contributed by atoms with Crippen LogP contribution in [-0.2, 0) is 12.8 Å². The zero-order valence-electron chi connectivity index (χ0n) is 26.0. The van der Waals surface area contributed by atoms with E-state index in [0.717, 1.165) is 18.9 Å². The number of nitrogens with zero attached hydrogens (tertiary/aromatic N) is 2. The molecule has 1 saturated carbocycles. The highest BCUT2D eigenvalue weighted by molar-refractivity contribution is 5.66. The molecule has 2 aliphatic rings. The standard InChI is InChI=1S/C18H26.C13H24N2.C2H6.C2H4/c1-6-8-18-13-17(12-11-16(18)7-2)15(5)10-9-14(3)4;1-3-12(2)14-8-10-15(11-9-14)13-6-4-5-7-13;2*1-2/h9-13H,6-8H2,1-5H3;13H,2-11H2,1H3;1-2H3;1-2H2/b15-10+;;;. The lowest BCUT2D eigenvalue weighted by Crippen LogP contribution is -2.49. The smallest absolute Gasteiger partial charge is 0.0303 e. The van der Waals surface area contributed by atoms with Gasteiger partial charge >= 0.3 is 0 Å². The number of rotatable bonds is 8. The normalized spacial score (nSPS) is 15.9. The maximum atomic E-state index is 4.13. The summed E-state index contributed by atoms with van der Waals surface area (Å²) in [5, 5.41) is 0. The van der Waals surface area contributed by atoms with Crippen molar-refractivity contribution in [2.24, 2.45) is 0 Å². The largest absolute Gasteiger partial charge is 0.373 e. The Kier molecular flexibility index (Phi) is 19.8. The van der Waals surface area contributed by atoms with Crippen molar-refractivity contribution in [1.29, 1.82) is 0 Å². The first-order valence-corrected chi connectivity index (χ1v) is 15.0. The molecule has 0 radical (unpaired) electrons. The first-order valence-electron chi connectivity index (χ1n) is 15.0. The molecule has 1 heterocycles. The monoisotopic (exact) mass is 508 g/mol. The van der Waals surface area contributed by atoms with E-state index in [1.54, 1.807) is 0 Å². The van der Waals surface area contributed by atoms with E-state index in [1.165, 1.54) is 98.2 Å². The Morgan fingerprint density at radius 1 is 0.892 bits per heavy atom. The van der Waals surface area contributed by atoms with Crippen LogP contribution in [0.2, 0.25) is 0 Å². The molecule has 0 unspecified atom stereocenters. The zero-order valence-corrected chi connectivity index (χ0v) is 26.0. The van der Waals surface area contributed by atoms with Gasteiger partial charge in [0, 0.05) is 37.9 Å². The van der Waals surface area contributed by atoms with Crippen LogP contribution in [0, 0.1) is 0 Å². The summed E-state index contributed by atoms with van der Waals surface area (Å²) in [5.74, 6) is 0. The molecule has 0 aromatic heterocycles. The second-order valence-electron chi connectivity index (χ2n) is 10.1. The third-order valence-electron chi connectivity index (χ3n) is 7.24. The number of hydrogen-bond donors (Lipinski definition) is 0. The number of piperazine rings is 1. The Morgan fingerprint density at radius 3 is 1.97 bits per heavy atom. The lowest BCUT2D eigenvalue weighted by Gasteiger charge is -2.39. The fourth-order valence-electron chi connectivity index (χ4n) is 5.00. The Bertz CT molecular complexity index is 799. The maximum absolute atomic E-state index is 4.13. The number of allylic oxidation sites excluding steroid dienone is 5. The summed E-state index contributed by atoms with van der Waals surface area (Å²) in [6.07, 6.45) is 14.8. The first-order chi connectivity index (χ1) is 17.9. The molecule has 37 heavy (non-hydrogen) atoms. The van der Waals surface area contributed by atoms with E-state index < -0.39 is 0 Å². The van der Waals surface area contributed by atoms with E-state index in [2.05, 4.69) is 101 Å². The van der Waals surface area contributed by atoms with Gasteiger partial charge in [0.2, 0.25) is 0 Å². The Morgan fingerprint density at radius 2 is 1.49 bits per heavy atom. The molecule has 0 spiro atoms. The van der Waals surface area contributed by atoms with Crippen LogP contribution in [0.1, 0.15) is 111 Å². The van der Waals surface area contributed by atoms with Gasteiger partial charge in [0.05, 0.1) is 0 Å². The minimum Gasteiger partial charge on any atom is -0.373 e. The lowest BCUT2D eigenvalue weighted by atomic mass is 9.95. The zero-order chi connectivity index (χ0) is 28.2. The van der Waals surface area contributed by atoms with Gasteiger partial charge in [-0.1, -0.05) is 96.4 Å². The molecule has 1 saturated heterocycles. The fourth-order valence-corrected chi connectivity index (χ4v) is 5.00. The Labute approximate surface area is 232 Å². The minimum absolute atomic E-state index is 0.905. The van der Waals surface area contributed by atoms with Crippen LogP contribution in [0.5, 0.6) is 0 Å². The van der Waals surface area contributed by atoms with E-state index in [9.17, 15) is 0 Å². The van der Waals surface area contributed by atoms with Crippen LogP contribution in [-0.4, -0.2) is 42.0 Å². The molecule has 2 fully saturated rings. The van der Waals surface area contributed by atoms with Crippen molar-refractivity contribution in [2.45, 2.75) is 113 Å². The molecule has 1 aromatic rings. The Hall–Kier alpha value is -2.06. The van der Waals surface area contributed by atoms with Crippen LogP contribution in [0.4, 0.5) is 0 Å². The van der Waals surface area contributed by atoms with Gasteiger partial charge in [-0.2, -0.15) is 0 Å². The van der Waals surface area contributed by atoms with Crippen LogP contribution in [0.25, 0.3) is 5.57 Å². The average molecular weight is 509 g/mol. The highest BCUT2D eigenvalue weighted by atomic mass is 15.3. The molecule has 0 bridgehead atoms. The van der Waals surface area contributed by atoms with E-state index in [4.69, 9.17) is 0 Å². The predicted octanol–water partition coefficient (Wildman–Crippen LogP) is 9.87. The van der Waals surface area contributed by atoms with Gasteiger partial charge in [-0.25, -0.2) is 0 Å². The predicted molar refractivity (Wildman–Crippen MR) is 170 cm³/mol. The highest BCUT2D eigenvalue weighted by Gasteiger charge is 2.25. The molecule has 0 amide bonds. The van der Waals surface area contributed by atoms with Crippen molar-refractivity contribution in [3.05, 3.63) is 78.0 Å². The van der Waals surface area contributed by atoms with Gasteiger partial charge in [-0.15, -0.1) is 13.2 Å². The second-order valence-corrected chi connectivity index (χ2v) is 10.1. The molecular formula is C35H60N2. The van der Waals surface area contributed by atoms with Gasteiger partial charge in [0.25, 0.3) is 0 Å². The molecule has 1 aliphatic carbocycles. The van der Waals surface area contributed by atoms with Crippen molar-refractivity contribution in [2.75, 3.05) is 26.2 Å². The molecular weight excluding hydrogens is 448 g/mol. The van der Waals surface area contributed by atoms with Gasteiger partial charge < -0.3 is 4.90 Å². The lowest BCUT2D eigenvalue weighted by molar-refractivity contribution is 0.116. The van der Waals surface area contributed by atoms with Crippen LogP contribution >= 0.6 is 0 Å². The summed E-state index contributed by atoms with van der Waals surface area (Å²) < 4.78 is 0. The maximum Gasteiger partial charge on any atom is 0.0303 e. The van der Waals surface area contributed by atoms with Crippen molar-refractivity contribution in [3.63, 3.8) is 0 Å². The SMILES string of the molecule is C=C.C=C(CC)N1CCN(C2CCCC2)CC1.CC.CCCc1cc(/C(C)=C/C=C(C)C)ccc1CC. The summed E-state index contributed by atoms with van der Waals surface area (Å²) in [7, 11) is 0. The third kappa shape index (κ3) is 12.8. The second kappa shape index (κ2) is 20.9. The summed E-state index contributed by atoms with van der Waals surface area (Å²) in [6.45, 7) is 32.2. The van der Waals surface area contributed by atoms with Gasteiger partial charge in [-0.3, -0.25) is 4.90 Å². The van der Waals surface area contributed by atoms with Crippen LogP contribution in [0.15, 0.2) is 61.4 Å². The molecule has 2 heteroatoms. The topological polar surface area (TPSA) is 6.48 Å². The molecule has 210 valence electrons. The third-order valence-corrected chi connectivity index (χ3v) is 7.24. The molecule has 2 nitrogen and oxygen atoms in total. The number of benzene rings is 1. The molecule has 3 rings (SSSR count). The highest BCUT2D eigenvalue weighted by Crippen LogP contribution is 2.25.